The van der Waals surface area contributed by atoms with Crippen LogP contribution >= 0.6 is 0 Å². The Bertz CT molecular complexity index is 948. The van der Waals surface area contributed by atoms with E-state index in [9.17, 15) is 9.18 Å². The molecule has 31 heavy (non-hydrogen) atoms. The number of aliphatic carboxylic acids is 1. The Balaban J connectivity index is 1.43. The number of nitrogens with zero attached hydrogens (tertiary/aromatic N) is 4. The molecular formula is C22H29FN6O2. The van der Waals surface area contributed by atoms with Crippen LogP contribution in [0.1, 0.15) is 24.8 Å². The minimum atomic E-state index is -0.801. The van der Waals surface area contributed by atoms with Gasteiger partial charge in [0.25, 0.3) is 0 Å². The van der Waals surface area contributed by atoms with Gasteiger partial charge in [0.05, 0.1) is 12.1 Å². The van der Waals surface area contributed by atoms with Gasteiger partial charge in [-0.1, -0.05) is 0 Å². The number of halogens is 1. The van der Waals surface area contributed by atoms with E-state index >= 15 is 0 Å². The highest BCUT2D eigenvalue weighted by molar-refractivity contribution is 5.70. The average Bonchev–Trinajstić information content (AvgIpc) is 3.21. The molecule has 2 aliphatic rings. The molecule has 0 amide bonds. The third kappa shape index (κ3) is 5.04. The Morgan fingerprint density at radius 2 is 2.00 bits per heavy atom. The summed E-state index contributed by atoms with van der Waals surface area (Å²) in [6.07, 6.45) is 2.86. The van der Waals surface area contributed by atoms with Crippen molar-refractivity contribution in [1.29, 1.82) is 0 Å². The number of hydrogen-bond donors (Lipinski definition) is 3. The summed E-state index contributed by atoms with van der Waals surface area (Å²) in [5, 5.41) is 15.4. The van der Waals surface area contributed by atoms with Gasteiger partial charge in [-0.2, -0.15) is 4.98 Å². The molecule has 1 saturated carbocycles. The second-order valence-electron chi connectivity index (χ2n) is 8.50. The molecule has 4 rings (SSSR count). The van der Waals surface area contributed by atoms with E-state index in [0.29, 0.717) is 25.2 Å². The maximum absolute atomic E-state index is 14.2. The van der Waals surface area contributed by atoms with Gasteiger partial charge in [0.1, 0.15) is 0 Å². The molecule has 2 fully saturated rings. The van der Waals surface area contributed by atoms with E-state index in [0.717, 1.165) is 43.6 Å². The van der Waals surface area contributed by atoms with E-state index in [1.54, 1.807) is 0 Å². The van der Waals surface area contributed by atoms with Gasteiger partial charge < -0.3 is 25.5 Å². The standard InChI is InChI=1S/C22H29FN6O2/c1-14-11-16(5-6-19(14)29-9-7-28(2)8-10-29)26-22-24-13-18(23)20(27-22)25-17-4-3-15(12-17)21(30)31/h5-6,11,13,15,17H,3-4,7-10,12H2,1-2H3,(H,30,31)(H2,24,25,26,27)/t15-,17-/m0/s1. The van der Waals surface area contributed by atoms with E-state index in [1.807, 2.05) is 12.1 Å². The van der Waals surface area contributed by atoms with Crippen molar-refractivity contribution in [2.45, 2.75) is 32.2 Å². The molecule has 2 heterocycles. The van der Waals surface area contributed by atoms with Crippen LogP contribution in [-0.4, -0.2) is 65.2 Å². The van der Waals surface area contributed by atoms with E-state index in [4.69, 9.17) is 5.11 Å². The van der Waals surface area contributed by atoms with Crippen molar-refractivity contribution >= 4 is 29.1 Å². The van der Waals surface area contributed by atoms with E-state index in [2.05, 4.69) is 50.4 Å². The van der Waals surface area contributed by atoms with Crippen molar-refractivity contribution in [3.05, 3.63) is 35.8 Å². The number of benzene rings is 1. The fourth-order valence-electron chi connectivity index (χ4n) is 4.32. The number of likely N-dealkylation sites (N-methyl/N-ethyl adjacent to an activating group) is 1. The van der Waals surface area contributed by atoms with Crippen LogP contribution in [0.15, 0.2) is 24.4 Å². The van der Waals surface area contributed by atoms with Crippen LogP contribution < -0.4 is 15.5 Å². The number of rotatable bonds is 6. The van der Waals surface area contributed by atoms with Crippen LogP contribution in [0.25, 0.3) is 0 Å². The molecule has 0 radical (unpaired) electrons. The Labute approximate surface area is 181 Å². The number of piperazine rings is 1. The van der Waals surface area contributed by atoms with Crippen LogP contribution in [0, 0.1) is 18.7 Å². The number of carbonyl (C=O) groups is 1. The van der Waals surface area contributed by atoms with E-state index in [-0.39, 0.29) is 17.8 Å². The molecule has 0 spiro atoms. The van der Waals surface area contributed by atoms with Crippen LogP contribution in [0.5, 0.6) is 0 Å². The van der Waals surface area contributed by atoms with Crippen LogP contribution in [0.3, 0.4) is 0 Å². The highest BCUT2D eigenvalue weighted by Crippen LogP contribution is 2.29. The number of aromatic nitrogens is 2. The third-order valence-electron chi connectivity index (χ3n) is 6.16. The highest BCUT2D eigenvalue weighted by Gasteiger charge is 2.30. The Hall–Kier alpha value is -2.94. The average molecular weight is 429 g/mol. The predicted molar refractivity (Wildman–Crippen MR) is 119 cm³/mol. The normalized spacial score (nSPS) is 21.8. The molecule has 0 unspecified atom stereocenters. The third-order valence-corrected chi connectivity index (χ3v) is 6.16. The number of aryl methyl sites for hydroxylation is 1. The maximum atomic E-state index is 14.2. The molecule has 0 bridgehead atoms. The zero-order chi connectivity index (χ0) is 22.0. The number of carboxylic acid groups (broad SMARTS) is 1. The summed E-state index contributed by atoms with van der Waals surface area (Å²) < 4.78 is 14.2. The van der Waals surface area contributed by atoms with Gasteiger partial charge >= 0.3 is 5.97 Å². The summed E-state index contributed by atoms with van der Waals surface area (Å²) >= 11 is 0. The van der Waals surface area contributed by atoms with Crippen LogP contribution in [0.4, 0.5) is 27.5 Å². The molecule has 166 valence electrons. The summed E-state index contributed by atoms with van der Waals surface area (Å²) in [5.41, 5.74) is 3.20. The van der Waals surface area contributed by atoms with Gasteiger partial charge in [0, 0.05) is 43.6 Å². The zero-order valence-electron chi connectivity index (χ0n) is 17.9. The Morgan fingerprint density at radius 1 is 1.23 bits per heavy atom. The van der Waals surface area contributed by atoms with Crippen molar-refractivity contribution in [3.8, 4) is 0 Å². The lowest BCUT2D eigenvalue weighted by atomic mass is 10.1. The number of carboxylic acids is 1. The minimum absolute atomic E-state index is 0.0966. The molecule has 2 atom stereocenters. The smallest absolute Gasteiger partial charge is 0.306 e. The lowest BCUT2D eigenvalue weighted by molar-refractivity contribution is -0.141. The maximum Gasteiger partial charge on any atom is 0.306 e. The molecular weight excluding hydrogens is 399 g/mol. The molecule has 2 aromatic rings. The summed E-state index contributed by atoms with van der Waals surface area (Å²) in [7, 11) is 2.14. The molecule has 3 N–H and O–H groups in total. The molecule has 1 saturated heterocycles. The van der Waals surface area contributed by atoms with Gasteiger partial charge in [0.2, 0.25) is 5.95 Å². The second kappa shape index (κ2) is 9.05. The first-order valence-corrected chi connectivity index (χ1v) is 10.7. The largest absolute Gasteiger partial charge is 0.481 e. The lowest BCUT2D eigenvalue weighted by Crippen LogP contribution is -2.44. The first kappa shape index (κ1) is 21.3. The fraction of sp³-hybridized carbons (Fsp3) is 0.500. The zero-order valence-corrected chi connectivity index (χ0v) is 17.9. The Kier molecular flexibility index (Phi) is 6.22. The number of hydrogen-bond acceptors (Lipinski definition) is 7. The van der Waals surface area contributed by atoms with Gasteiger partial charge in [-0.05, 0) is 57.0 Å². The van der Waals surface area contributed by atoms with E-state index in [1.165, 1.54) is 5.69 Å². The molecule has 1 aromatic carbocycles. The molecule has 9 heteroatoms. The van der Waals surface area contributed by atoms with Crippen molar-refractivity contribution < 1.29 is 14.3 Å². The van der Waals surface area contributed by atoms with Gasteiger partial charge in [0.15, 0.2) is 11.6 Å². The van der Waals surface area contributed by atoms with Crippen LogP contribution in [0.2, 0.25) is 0 Å². The van der Waals surface area contributed by atoms with Crippen molar-refractivity contribution in [3.63, 3.8) is 0 Å². The van der Waals surface area contributed by atoms with Crippen molar-refractivity contribution in [1.82, 2.24) is 14.9 Å². The predicted octanol–water partition coefficient (Wildman–Crippen LogP) is 3.08. The van der Waals surface area contributed by atoms with E-state index < -0.39 is 11.8 Å². The summed E-state index contributed by atoms with van der Waals surface area (Å²) in [6.45, 7) is 6.18. The van der Waals surface area contributed by atoms with Crippen molar-refractivity contribution in [2.24, 2.45) is 5.92 Å². The van der Waals surface area contributed by atoms with Gasteiger partial charge in [-0.15, -0.1) is 0 Å². The highest BCUT2D eigenvalue weighted by atomic mass is 19.1. The minimum Gasteiger partial charge on any atom is -0.481 e. The Morgan fingerprint density at radius 3 is 2.68 bits per heavy atom. The molecule has 8 nitrogen and oxygen atoms in total. The van der Waals surface area contributed by atoms with Crippen LogP contribution in [-0.2, 0) is 4.79 Å². The summed E-state index contributed by atoms with van der Waals surface area (Å²) in [6, 6.07) is 6.01. The molecule has 1 aliphatic heterocycles. The first-order chi connectivity index (χ1) is 14.9. The topological polar surface area (TPSA) is 93.6 Å². The summed E-state index contributed by atoms with van der Waals surface area (Å²) in [5.74, 6) is -1.35. The first-order valence-electron chi connectivity index (χ1n) is 10.7. The number of anilines is 4. The summed E-state index contributed by atoms with van der Waals surface area (Å²) in [4.78, 5) is 24.2. The monoisotopic (exact) mass is 428 g/mol. The lowest BCUT2D eigenvalue weighted by Gasteiger charge is -2.35. The van der Waals surface area contributed by atoms with Crippen molar-refractivity contribution in [2.75, 3.05) is 48.8 Å². The quantitative estimate of drug-likeness (QED) is 0.646. The SMILES string of the molecule is Cc1cc(Nc2ncc(F)c(N[C@H]3CC[C@H](C(=O)O)C3)n2)ccc1N1CCN(C)CC1. The van der Waals surface area contributed by atoms with Gasteiger partial charge in [-0.3, -0.25) is 4.79 Å². The van der Waals surface area contributed by atoms with Gasteiger partial charge in [-0.25, -0.2) is 9.37 Å². The molecule has 1 aromatic heterocycles. The second-order valence-corrected chi connectivity index (χ2v) is 8.50. The number of nitrogens with one attached hydrogen (secondary N) is 2. The fourth-order valence-corrected chi connectivity index (χ4v) is 4.32. The molecule has 1 aliphatic carbocycles.